The van der Waals surface area contributed by atoms with Crippen LogP contribution in [-0.2, 0) is 11.2 Å². The molecule has 1 amide bonds. The summed E-state index contributed by atoms with van der Waals surface area (Å²) in [4.78, 5) is 14.8. The van der Waals surface area contributed by atoms with Crippen molar-refractivity contribution in [2.45, 2.75) is 25.3 Å². The molecular formula is C19H21BrN2O2. The first-order chi connectivity index (χ1) is 11.6. The number of amides is 1. The Kier molecular flexibility index (Phi) is 5.09. The fraction of sp³-hybridized carbons (Fsp3) is 0.316. The number of hydrogen-bond donors (Lipinski definition) is 1. The number of ether oxygens (including phenoxy) is 1. The van der Waals surface area contributed by atoms with Crippen LogP contribution in [0.5, 0.6) is 5.75 Å². The third-order valence-electron chi connectivity index (χ3n) is 4.46. The highest BCUT2D eigenvalue weighted by Crippen LogP contribution is 2.38. The standard InChI is InChI=1S/C19H21BrN2O2/c1-24-18-9-6-14(20)12-16(18)17-3-2-10-22(17)19(23)11-13-4-7-15(21)8-5-13/h4-9,12,17H,2-3,10-11,21H2,1H3. The molecule has 5 heteroatoms. The number of nitrogen functional groups attached to an aromatic ring is 1. The van der Waals surface area contributed by atoms with Gasteiger partial charge in [-0.1, -0.05) is 28.1 Å². The van der Waals surface area contributed by atoms with Gasteiger partial charge in [0.1, 0.15) is 5.75 Å². The summed E-state index contributed by atoms with van der Waals surface area (Å²) in [7, 11) is 1.67. The first-order valence-electron chi connectivity index (χ1n) is 8.06. The molecule has 1 aliphatic heterocycles. The van der Waals surface area contributed by atoms with Crippen LogP contribution in [0, 0.1) is 0 Å². The molecule has 0 saturated carbocycles. The van der Waals surface area contributed by atoms with Crippen molar-refractivity contribution in [2.75, 3.05) is 19.4 Å². The van der Waals surface area contributed by atoms with Gasteiger partial charge in [0.25, 0.3) is 0 Å². The summed E-state index contributed by atoms with van der Waals surface area (Å²) in [5.41, 5.74) is 8.47. The number of rotatable bonds is 4. The molecule has 1 fully saturated rings. The van der Waals surface area contributed by atoms with E-state index in [0.29, 0.717) is 12.1 Å². The fourth-order valence-electron chi connectivity index (χ4n) is 3.27. The number of likely N-dealkylation sites (tertiary alicyclic amines) is 1. The molecule has 0 radical (unpaired) electrons. The molecule has 1 aliphatic rings. The average molecular weight is 389 g/mol. The van der Waals surface area contributed by atoms with Crippen LogP contribution in [0.3, 0.4) is 0 Å². The number of hydrogen-bond acceptors (Lipinski definition) is 3. The van der Waals surface area contributed by atoms with Crippen LogP contribution in [0.1, 0.15) is 30.0 Å². The molecule has 0 aromatic heterocycles. The minimum atomic E-state index is 0.0683. The van der Waals surface area contributed by atoms with Crippen LogP contribution in [0.25, 0.3) is 0 Å². The highest BCUT2D eigenvalue weighted by Gasteiger charge is 2.31. The minimum absolute atomic E-state index is 0.0683. The van der Waals surface area contributed by atoms with Crippen LogP contribution < -0.4 is 10.5 Å². The SMILES string of the molecule is COc1ccc(Br)cc1C1CCCN1C(=O)Cc1ccc(N)cc1. The molecule has 2 N–H and O–H groups in total. The van der Waals surface area contributed by atoms with Gasteiger partial charge in [-0.15, -0.1) is 0 Å². The van der Waals surface area contributed by atoms with Gasteiger partial charge in [-0.3, -0.25) is 4.79 Å². The van der Waals surface area contributed by atoms with E-state index in [4.69, 9.17) is 10.5 Å². The quantitative estimate of drug-likeness (QED) is 0.806. The average Bonchev–Trinajstić information content (AvgIpc) is 3.06. The van der Waals surface area contributed by atoms with Crippen molar-refractivity contribution in [3.8, 4) is 5.75 Å². The van der Waals surface area contributed by atoms with Gasteiger partial charge in [-0.2, -0.15) is 0 Å². The lowest BCUT2D eigenvalue weighted by Crippen LogP contribution is -2.32. The summed E-state index contributed by atoms with van der Waals surface area (Å²) in [6, 6.07) is 13.5. The molecule has 1 unspecified atom stereocenters. The third-order valence-corrected chi connectivity index (χ3v) is 4.95. The van der Waals surface area contributed by atoms with Crippen LogP contribution in [0.2, 0.25) is 0 Å². The maximum Gasteiger partial charge on any atom is 0.227 e. The van der Waals surface area contributed by atoms with Crippen molar-refractivity contribution in [3.05, 3.63) is 58.1 Å². The Balaban J connectivity index is 1.81. The van der Waals surface area contributed by atoms with Gasteiger partial charge >= 0.3 is 0 Å². The molecular weight excluding hydrogens is 368 g/mol. The second-order valence-corrected chi connectivity index (χ2v) is 6.97. The number of halogens is 1. The van der Waals surface area contributed by atoms with Gasteiger partial charge in [0, 0.05) is 22.3 Å². The van der Waals surface area contributed by atoms with E-state index in [2.05, 4.69) is 22.0 Å². The molecule has 4 nitrogen and oxygen atoms in total. The summed E-state index contributed by atoms with van der Waals surface area (Å²) in [5, 5.41) is 0. The molecule has 0 bridgehead atoms. The lowest BCUT2D eigenvalue weighted by atomic mass is 10.0. The number of benzene rings is 2. The highest BCUT2D eigenvalue weighted by atomic mass is 79.9. The van der Waals surface area contributed by atoms with E-state index in [1.54, 1.807) is 7.11 Å². The van der Waals surface area contributed by atoms with E-state index in [0.717, 1.165) is 40.7 Å². The number of nitrogens with zero attached hydrogens (tertiary/aromatic N) is 1. The highest BCUT2D eigenvalue weighted by molar-refractivity contribution is 9.10. The number of carbonyl (C=O) groups is 1. The summed E-state index contributed by atoms with van der Waals surface area (Å²) in [5.74, 6) is 0.972. The first kappa shape index (κ1) is 16.8. The van der Waals surface area contributed by atoms with Gasteiger partial charge in [0.05, 0.1) is 19.6 Å². The smallest absolute Gasteiger partial charge is 0.227 e. The van der Waals surface area contributed by atoms with Gasteiger partial charge in [-0.05, 0) is 48.7 Å². The van der Waals surface area contributed by atoms with Crippen molar-refractivity contribution >= 4 is 27.5 Å². The van der Waals surface area contributed by atoms with Crippen molar-refractivity contribution < 1.29 is 9.53 Å². The van der Waals surface area contributed by atoms with Gasteiger partial charge in [0.2, 0.25) is 5.91 Å². The summed E-state index contributed by atoms with van der Waals surface area (Å²) in [6.07, 6.45) is 2.36. The first-order valence-corrected chi connectivity index (χ1v) is 8.85. The second-order valence-electron chi connectivity index (χ2n) is 6.05. The predicted molar refractivity (Wildman–Crippen MR) is 98.9 cm³/mol. The van der Waals surface area contributed by atoms with E-state index in [1.165, 1.54) is 0 Å². The lowest BCUT2D eigenvalue weighted by Gasteiger charge is -2.26. The zero-order valence-electron chi connectivity index (χ0n) is 13.7. The number of anilines is 1. The number of nitrogens with two attached hydrogens (primary N) is 1. The number of methoxy groups -OCH3 is 1. The Labute approximate surface area is 150 Å². The van der Waals surface area contributed by atoms with E-state index in [9.17, 15) is 4.79 Å². The summed E-state index contributed by atoms with van der Waals surface area (Å²) < 4.78 is 6.50. The Bertz CT molecular complexity index is 731. The van der Waals surface area contributed by atoms with E-state index < -0.39 is 0 Å². The van der Waals surface area contributed by atoms with E-state index >= 15 is 0 Å². The Morgan fingerprint density at radius 1 is 1.29 bits per heavy atom. The maximum absolute atomic E-state index is 12.8. The minimum Gasteiger partial charge on any atom is -0.496 e. The molecule has 1 saturated heterocycles. The molecule has 3 rings (SSSR count). The third kappa shape index (κ3) is 3.56. The molecule has 0 spiro atoms. The molecule has 1 heterocycles. The largest absolute Gasteiger partial charge is 0.496 e. The molecule has 1 atom stereocenters. The zero-order chi connectivity index (χ0) is 17.1. The van der Waals surface area contributed by atoms with Gasteiger partial charge in [-0.25, -0.2) is 0 Å². The molecule has 0 aliphatic carbocycles. The van der Waals surface area contributed by atoms with E-state index in [-0.39, 0.29) is 11.9 Å². The van der Waals surface area contributed by atoms with Crippen molar-refractivity contribution in [2.24, 2.45) is 0 Å². The Morgan fingerprint density at radius 2 is 2.04 bits per heavy atom. The predicted octanol–water partition coefficient (Wildman–Crippen LogP) is 3.95. The van der Waals surface area contributed by atoms with E-state index in [1.807, 2.05) is 41.3 Å². The van der Waals surface area contributed by atoms with Crippen LogP contribution in [0.4, 0.5) is 5.69 Å². The lowest BCUT2D eigenvalue weighted by molar-refractivity contribution is -0.131. The van der Waals surface area contributed by atoms with Crippen molar-refractivity contribution in [3.63, 3.8) is 0 Å². The zero-order valence-corrected chi connectivity index (χ0v) is 15.3. The number of carbonyl (C=O) groups excluding carboxylic acids is 1. The Hall–Kier alpha value is -2.01. The normalized spacial score (nSPS) is 17.1. The summed E-state index contributed by atoms with van der Waals surface area (Å²) >= 11 is 3.52. The topological polar surface area (TPSA) is 55.6 Å². The van der Waals surface area contributed by atoms with Crippen LogP contribution >= 0.6 is 15.9 Å². The van der Waals surface area contributed by atoms with Gasteiger partial charge < -0.3 is 15.4 Å². The molecule has 2 aromatic carbocycles. The summed E-state index contributed by atoms with van der Waals surface area (Å²) in [6.45, 7) is 0.786. The molecule has 24 heavy (non-hydrogen) atoms. The molecule has 2 aromatic rings. The van der Waals surface area contributed by atoms with Crippen LogP contribution in [0.15, 0.2) is 46.9 Å². The van der Waals surface area contributed by atoms with Crippen molar-refractivity contribution in [1.82, 2.24) is 4.90 Å². The second kappa shape index (κ2) is 7.26. The molecule has 126 valence electrons. The van der Waals surface area contributed by atoms with Gasteiger partial charge in [0.15, 0.2) is 0 Å². The fourth-order valence-corrected chi connectivity index (χ4v) is 3.64. The maximum atomic E-state index is 12.8. The van der Waals surface area contributed by atoms with Crippen LogP contribution in [-0.4, -0.2) is 24.5 Å². The van der Waals surface area contributed by atoms with Crippen molar-refractivity contribution in [1.29, 1.82) is 0 Å². The monoisotopic (exact) mass is 388 g/mol. The Morgan fingerprint density at radius 3 is 2.75 bits per heavy atom.